The molecule has 4 nitrogen and oxygen atoms in total. The highest BCUT2D eigenvalue weighted by Gasteiger charge is 2.03. The summed E-state index contributed by atoms with van der Waals surface area (Å²) < 4.78 is 11.6. The standard InChI is InChI=1S/C28H44N2O2/c1-3-5-7-9-11-12-14-15-23-31-26-19-17-25(18-20-26)27-21-22-28(30-29-27)32-24-16-13-10-8-6-4-2/h17-22H,3-16,23-24H2,1-2H3. The first kappa shape index (κ1) is 26.2. The van der Waals surface area contributed by atoms with Gasteiger partial charge in [0.05, 0.1) is 18.9 Å². The highest BCUT2D eigenvalue weighted by atomic mass is 16.5. The molecule has 2 aromatic rings. The fraction of sp³-hybridized carbons (Fsp3) is 0.643. The maximum Gasteiger partial charge on any atom is 0.233 e. The van der Waals surface area contributed by atoms with Gasteiger partial charge in [-0.25, -0.2) is 0 Å². The fourth-order valence-electron chi connectivity index (χ4n) is 3.76. The first-order chi connectivity index (χ1) is 15.8. The predicted octanol–water partition coefficient (Wildman–Crippen LogP) is 8.40. The Hall–Kier alpha value is -2.10. The van der Waals surface area contributed by atoms with E-state index in [0.717, 1.165) is 36.5 Å². The predicted molar refractivity (Wildman–Crippen MR) is 134 cm³/mol. The van der Waals surface area contributed by atoms with Crippen LogP contribution in [-0.2, 0) is 0 Å². The molecule has 4 heteroatoms. The maximum absolute atomic E-state index is 5.89. The van der Waals surface area contributed by atoms with Crippen molar-refractivity contribution in [3.8, 4) is 22.9 Å². The van der Waals surface area contributed by atoms with Crippen LogP contribution in [0, 0.1) is 0 Å². The molecule has 178 valence electrons. The number of aromatic nitrogens is 2. The summed E-state index contributed by atoms with van der Waals surface area (Å²) in [6.45, 7) is 6.01. The molecule has 0 aliphatic rings. The molecule has 1 heterocycles. The molecule has 0 radical (unpaired) electrons. The fourth-order valence-corrected chi connectivity index (χ4v) is 3.76. The molecule has 0 atom stereocenters. The largest absolute Gasteiger partial charge is 0.494 e. The lowest BCUT2D eigenvalue weighted by atomic mass is 10.1. The number of unbranched alkanes of at least 4 members (excludes halogenated alkanes) is 12. The third-order valence-electron chi connectivity index (χ3n) is 5.80. The Labute approximate surface area is 196 Å². The third-order valence-corrected chi connectivity index (χ3v) is 5.80. The number of ether oxygens (including phenoxy) is 2. The lowest BCUT2D eigenvalue weighted by molar-refractivity contribution is 0.290. The average Bonchev–Trinajstić information content (AvgIpc) is 2.83. The lowest BCUT2D eigenvalue weighted by Crippen LogP contribution is -2.00. The van der Waals surface area contributed by atoms with E-state index in [1.54, 1.807) is 0 Å². The Morgan fingerprint density at radius 1 is 0.531 bits per heavy atom. The van der Waals surface area contributed by atoms with Crippen molar-refractivity contribution in [1.29, 1.82) is 0 Å². The van der Waals surface area contributed by atoms with Gasteiger partial charge < -0.3 is 9.47 Å². The molecule has 0 unspecified atom stereocenters. The molecule has 0 fully saturated rings. The van der Waals surface area contributed by atoms with Gasteiger partial charge in [-0.15, -0.1) is 10.2 Å². The Balaban J connectivity index is 1.60. The highest BCUT2D eigenvalue weighted by Crippen LogP contribution is 2.22. The van der Waals surface area contributed by atoms with Crippen molar-refractivity contribution in [1.82, 2.24) is 10.2 Å². The summed E-state index contributed by atoms with van der Waals surface area (Å²) in [6.07, 6.45) is 18.1. The zero-order chi connectivity index (χ0) is 22.7. The SMILES string of the molecule is CCCCCCCCCCOc1ccc(-c2ccc(OCCCCCCCC)nn2)cc1. The quantitative estimate of drug-likeness (QED) is 0.206. The molecular weight excluding hydrogens is 396 g/mol. The van der Waals surface area contributed by atoms with Crippen molar-refractivity contribution < 1.29 is 9.47 Å². The summed E-state index contributed by atoms with van der Waals surface area (Å²) in [5.41, 5.74) is 1.89. The van der Waals surface area contributed by atoms with E-state index >= 15 is 0 Å². The van der Waals surface area contributed by atoms with Gasteiger partial charge in [0.1, 0.15) is 5.75 Å². The highest BCUT2D eigenvalue weighted by molar-refractivity contribution is 5.59. The topological polar surface area (TPSA) is 44.2 Å². The van der Waals surface area contributed by atoms with Crippen molar-refractivity contribution in [2.24, 2.45) is 0 Å². The summed E-state index contributed by atoms with van der Waals surface area (Å²) in [4.78, 5) is 0. The molecule has 1 aromatic carbocycles. The van der Waals surface area contributed by atoms with E-state index in [0.29, 0.717) is 12.5 Å². The lowest BCUT2D eigenvalue weighted by Gasteiger charge is -2.08. The first-order valence-electron chi connectivity index (χ1n) is 13.0. The molecule has 0 bridgehead atoms. The molecule has 1 aromatic heterocycles. The number of nitrogens with zero attached hydrogens (tertiary/aromatic N) is 2. The summed E-state index contributed by atoms with van der Waals surface area (Å²) in [6, 6.07) is 12.0. The van der Waals surface area contributed by atoms with Crippen LogP contribution in [0.4, 0.5) is 0 Å². The van der Waals surface area contributed by atoms with Crippen LogP contribution in [0.1, 0.15) is 104 Å². The summed E-state index contributed by atoms with van der Waals surface area (Å²) in [5.74, 6) is 1.52. The van der Waals surface area contributed by atoms with Crippen molar-refractivity contribution in [3.63, 3.8) is 0 Å². The molecule has 32 heavy (non-hydrogen) atoms. The third kappa shape index (κ3) is 11.5. The maximum atomic E-state index is 5.89. The minimum atomic E-state index is 0.604. The van der Waals surface area contributed by atoms with E-state index in [9.17, 15) is 0 Å². The smallest absolute Gasteiger partial charge is 0.233 e. The normalized spacial score (nSPS) is 10.9. The Bertz CT molecular complexity index is 686. The van der Waals surface area contributed by atoms with Gasteiger partial charge in [0, 0.05) is 11.6 Å². The van der Waals surface area contributed by atoms with Gasteiger partial charge in [0.15, 0.2) is 0 Å². The molecule has 0 saturated heterocycles. The summed E-state index contributed by atoms with van der Waals surface area (Å²) >= 11 is 0. The van der Waals surface area contributed by atoms with E-state index < -0.39 is 0 Å². The second-order valence-corrected chi connectivity index (χ2v) is 8.72. The Morgan fingerprint density at radius 3 is 1.59 bits per heavy atom. The second-order valence-electron chi connectivity index (χ2n) is 8.72. The van der Waals surface area contributed by atoms with Crippen molar-refractivity contribution in [3.05, 3.63) is 36.4 Å². The van der Waals surface area contributed by atoms with Crippen molar-refractivity contribution in [2.75, 3.05) is 13.2 Å². The van der Waals surface area contributed by atoms with Crippen LogP contribution >= 0.6 is 0 Å². The summed E-state index contributed by atoms with van der Waals surface area (Å²) in [7, 11) is 0. The van der Waals surface area contributed by atoms with Gasteiger partial charge in [-0.2, -0.15) is 0 Å². The molecule has 0 saturated carbocycles. The molecule has 2 rings (SSSR count). The van der Waals surface area contributed by atoms with Gasteiger partial charge >= 0.3 is 0 Å². The molecule has 0 aliphatic carbocycles. The van der Waals surface area contributed by atoms with Crippen LogP contribution in [0.5, 0.6) is 11.6 Å². The minimum Gasteiger partial charge on any atom is -0.494 e. The van der Waals surface area contributed by atoms with Gasteiger partial charge in [0.2, 0.25) is 5.88 Å². The van der Waals surface area contributed by atoms with E-state index in [1.807, 2.05) is 36.4 Å². The van der Waals surface area contributed by atoms with Crippen LogP contribution in [0.25, 0.3) is 11.3 Å². The zero-order valence-electron chi connectivity index (χ0n) is 20.5. The number of benzene rings is 1. The average molecular weight is 441 g/mol. The van der Waals surface area contributed by atoms with Gasteiger partial charge in [-0.3, -0.25) is 0 Å². The Kier molecular flexibility index (Phi) is 14.3. The van der Waals surface area contributed by atoms with Crippen LogP contribution in [0.3, 0.4) is 0 Å². The van der Waals surface area contributed by atoms with E-state index in [-0.39, 0.29) is 0 Å². The van der Waals surface area contributed by atoms with Crippen LogP contribution in [0.15, 0.2) is 36.4 Å². The Morgan fingerprint density at radius 2 is 1.06 bits per heavy atom. The van der Waals surface area contributed by atoms with E-state index in [4.69, 9.17) is 9.47 Å². The minimum absolute atomic E-state index is 0.604. The second kappa shape index (κ2) is 17.5. The zero-order valence-corrected chi connectivity index (χ0v) is 20.5. The first-order valence-corrected chi connectivity index (χ1v) is 13.0. The van der Waals surface area contributed by atoms with Crippen LogP contribution in [-0.4, -0.2) is 23.4 Å². The molecule has 0 spiro atoms. The van der Waals surface area contributed by atoms with Crippen LogP contribution < -0.4 is 9.47 Å². The van der Waals surface area contributed by atoms with Crippen molar-refractivity contribution >= 4 is 0 Å². The van der Waals surface area contributed by atoms with E-state index in [2.05, 4.69) is 24.0 Å². The molecule has 0 N–H and O–H groups in total. The van der Waals surface area contributed by atoms with Gasteiger partial charge in [-0.1, -0.05) is 90.9 Å². The van der Waals surface area contributed by atoms with Gasteiger partial charge in [-0.05, 0) is 43.2 Å². The molecule has 0 amide bonds. The number of rotatable bonds is 19. The summed E-state index contributed by atoms with van der Waals surface area (Å²) in [5, 5.41) is 8.55. The molecular formula is C28H44N2O2. The number of hydrogen-bond acceptors (Lipinski definition) is 4. The van der Waals surface area contributed by atoms with E-state index in [1.165, 1.54) is 77.0 Å². The molecule has 0 aliphatic heterocycles. The van der Waals surface area contributed by atoms with Crippen LogP contribution in [0.2, 0.25) is 0 Å². The van der Waals surface area contributed by atoms with Crippen molar-refractivity contribution in [2.45, 2.75) is 104 Å². The number of hydrogen-bond donors (Lipinski definition) is 0. The van der Waals surface area contributed by atoms with Gasteiger partial charge in [0.25, 0.3) is 0 Å². The monoisotopic (exact) mass is 440 g/mol.